The van der Waals surface area contributed by atoms with Crippen LogP contribution < -0.4 is 10.1 Å². The molecule has 0 heterocycles. The van der Waals surface area contributed by atoms with Crippen molar-refractivity contribution in [3.8, 4) is 5.75 Å². The van der Waals surface area contributed by atoms with Crippen LogP contribution in [0.15, 0.2) is 24.3 Å². The van der Waals surface area contributed by atoms with Crippen molar-refractivity contribution >= 4 is 15.9 Å². The van der Waals surface area contributed by atoms with Gasteiger partial charge in [0.05, 0.1) is 19.3 Å². The zero-order valence-electron chi connectivity index (χ0n) is 11.9. The number of aryl methyl sites for hydroxylation is 1. The van der Waals surface area contributed by atoms with Crippen LogP contribution in [-0.2, 0) is 14.8 Å². The molecule has 0 aliphatic carbocycles. The van der Waals surface area contributed by atoms with Crippen LogP contribution >= 0.6 is 0 Å². The maximum Gasteiger partial charge on any atom is 0.235 e. The number of nitrogens with zero attached hydrogens (tertiary/aromatic N) is 1. The van der Waals surface area contributed by atoms with E-state index in [1.807, 2.05) is 31.2 Å². The molecule has 0 bridgehead atoms. The summed E-state index contributed by atoms with van der Waals surface area (Å²) in [5.41, 5.74) is 1.10. The normalized spacial score (nSPS) is 11.4. The molecule has 1 aromatic carbocycles. The number of rotatable bonds is 7. The third-order valence-corrected chi connectivity index (χ3v) is 3.88. The van der Waals surface area contributed by atoms with Crippen LogP contribution in [-0.4, -0.2) is 51.6 Å². The molecule has 0 radical (unpaired) electrons. The number of hydrogen-bond donors (Lipinski definition) is 1. The molecule has 0 atom stereocenters. The van der Waals surface area contributed by atoms with Gasteiger partial charge in [0, 0.05) is 7.05 Å². The van der Waals surface area contributed by atoms with Crippen molar-refractivity contribution in [1.29, 1.82) is 0 Å². The molecule has 1 amide bonds. The number of sulfonamides is 1. The van der Waals surface area contributed by atoms with Gasteiger partial charge in [-0.05, 0) is 24.6 Å². The highest BCUT2D eigenvalue weighted by Gasteiger charge is 2.14. The summed E-state index contributed by atoms with van der Waals surface area (Å²) < 4.78 is 28.7. The van der Waals surface area contributed by atoms with Gasteiger partial charge in [-0.2, -0.15) is 4.31 Å². The number of carbonyl (C=O) groups excluding carboxylic acids is 1. The molecule has 1 rings (SSSR count). The van der Waals surface area contributed by atoms with E-state index in [-0.39, 0.29) is 12.5 Å². The predicted molar refractivity (Wildman–Crippen MR) is 77.2 cm³/mol. The lowest BCUT2D eigenvalue weighted by Gasteiger charge is -2.13. The highest BCUT2D eigenvalue weighted by Crippen LogP contribution is 2.11. The van der Waals surface area contributed by atoms with E-state index in [2.05, 4.69) is 5.32 Å². The molecule has 0 saturated heterocycles. The van der Waals surface area contributed by atoms with Crippen LogP contribution in [0.2, 0.25) is 0 Å². The van der Waals surface area contributed by atoms with Gasteiger partial charge >= 0.3 is 0 Å². The first-order valence-electron chi connectivity index (χ1n) is 6.16. The fourth-order valence-electron chi connectivity index (χ4n) is 1.44. The molecule has 1 aromatic rings. The smallest absolute Gasteiger partial charge is 0.235 e. The number of benzene rings is 1. The van der Waals surface area contributed by atoms with Gasteiger partial charge in [-0.3, -0.25) is 4.79 Å². The Morgan fingerprint density at radius 1 is 1.40 bits per heavy atom. The van der Waals surface area contributed by atoms with Gasteiger partial charge in [0.25, 0.3) is 0 Å². The van der Waals surface area contributed by atoms with Crippen LogP contribution in [0.3, 0.4) is 0 Å². The number of ether oxygens (including phenoxy) is 1. The maximum absolute atomic E-state index is 11.5. The van der Waals surface area contributed by atoms with Gasteiger partial charge in [-0.25, -0.2) is 8.42 Å². The summed E-state index contributed by atoms with van der Waals surface area (Å²) in [5, 5.41) is 2.60. The fraction of sp³-hybridized carbons (Fsp3) is 0.462. The molecule has 20 heavy (non-hydrogen) atoms. The predicted octanol–water partition coefficient (Wildman–Crippen LogP) is 0.381. The second kappa shape index (κ2) is 7.25. The van der Waals surface area contributed by atoms with E-state index in [1.54, 1.807) is 0 Å². The molecule has 0 aromatic heterocycles. The van der Waals surface area contributed by atoms with Crippen molar-refractivity contribution in [3.63, 3.8) is 0 Å². The van der Waals surface area contributed by atoms with Gasteiger partial charge in [0.15, 0.2) is 0 Å². The Kier molecular flexibility index (Phi) is 5.97. The molecule has 1 N–H and O–H groups in total. The summed E-state index contributed by atoms with van der Waals surface area (Å²) in [5.74, 6) is 0.387. The average Bonchev–Trinajstić information content (AvgIpc) is 2.33. The van der Waals surface area contributed by atoms with Crippen LogP contribution in [0.1, 0.15) is 5.56 Å². The van der Waals surface area contributed by atoms with E-state index < -0.39 is 10.0 Å². The van der Waals surface area contributed by atoms with Gasteiger partial charge < -0.3 is 10.1 Å². The number of hydrogen-bond acceptors (Lipinski definition) is 4. The fourth-order valence-corrected chi connectivity index (χ4v) is 1.79. The Hall–Kier alpha value is -1.60. The van der Waals surface area contributed by atoms with E-state index in [0.717, 1.165) is 21.9 Å². The van der Waals surface area contributed by atoms with Crippen molar-refractivity contribution in [1.82, 2.24) is 9.62 Å². The van der Waals surface area contributed by atoms with Crippen LogP contribution in [0.5, 0.6) is 5.75 Å². The Balaban J connectivity index is 2.26. The number of likely N-dealkylation sites (N-methyl/N-ethyl adjacent to an activating group) is 1. The van der Waals surface area contributed by atoms with Crippen molar-refractivity contribution in [2.75, 3.05) is 33.0 Å². The number of nitrogens with one attached hydrogen (secondary N) is 1. The van der Waals surface area contributed by atoms with E-state index in [4.69, 9.17) is 4.74 Å². The van der Waals surface area contributed by atoms with E-state index in [9.17, 15) is 13.2 Å². The van der Waals surface area contributed by atoms with E-state index in [0.29, 0.717) is 13.2 Å². The second-order valence-corrected chi connectivity index (χ2v) is 6.62. The van der Waals surface area contributed by atoms with Crippen molar-refractivity contribution in [2.24, 2.45) is 0 Å². The molecule has 0 saturated carbocycles. The highest BCUT2D eigenvalue weighted by atomic mass is 32.2. The Morgan fingerprint density at radius 2 is 2.10 bits per heavy atom. The second-order valence-electron chi connectivity index (χ2n) is 4.53. The molecule has 0 aliphatic rings. The lowest BCUT2D eigenvalue weighted by molar-refractivity contribution is -0.121. The summed E-state index contributed by atoms with van der Waals surface area (Å²) >= 11 is 0. The van der Waals surface area contributed by atoms with Crippen molar-refractivity contribution < 1.29 is 17.9 Å². The SMILES string of the molecule is Cc1cccc(OCCNC(=O)CN(C)S(C)(=O)=O)c1. The topological polar surface area (TPSA) is 75.7 Å². The molecule has 112 valence electrons. The third kappa shape index (κ3) is 6.03. The summed E-state index contributed by atoms with van der Waals surface area (Å²) in [6.45, 7) is 2.43. The highest BCUT2D eigenvalue weighted by molar-refractivity contribution is 7.88. The first kappa shape index (κ1) is 16.5. The maximum atomic E-state index is 11.5. The number of carbonyl (C=O) groups is 1. The van der Waals surface area contributed by atoms with Gasteiger partial charge in [0.1, 0.15) is 12.4 Å². The summed E-state index contributed by atoms with van der Waals surface area (Å²) in [6, 6.07) is 7.60. The molecule has 0 spiro atoms. The minimum Gasteiger partial charge on any atom is -0.492 e. The van der Waals surface area contributed by atoms with Gasteiger partial charge in [0.2, 0.25) is 15.9 Å². The summed E-state index contributed by atoms with van der Waals surface area (Å²) in [6.07, 6.45) is 1.06. The van der Waals surface area contributed by atoms with Crippen LogP contribution in [0, 0.1) is 6.92 Å². The molecule has 7 heteroatoms. The molecular formula is C13H20N2O4S. The lowest BCUT2D eigenvalue weighted by atomic mass is 10.2. The first-order chi connectivity index (χ1) is 9.29. The Bertz CT molecular complexity index is 557. The lowest BCUT2D eigenvalue weighted by Crippen LogP contribution is -2.39. The van der Waals surface area contributed by atoms with Crippen molar-refractivity contribution in [2.45, 2.75) is 6.92 Å². The average molecular weight is 300 g/mol. The molecule has 0 aliphatic heterocycles. The molecule has 6 nitrogen and oxygen atoms in total. The van der Waals surface area contributed by atoms with Crippen LogP contribution in [0.4, 0.5) is 0 Å². The quantitative estimate of drug-likeness (QED) is 0.739. The molecule has 0 unspecified atom stereocenters. The van der Waals surface area contributed by atoms with Crippen molar-refractivity contribution in [3.05, 3.63) is 29.8 Å². The van der Waals surface area contributed by atoms with Gasteiger partial charge in [-0.15, -0.1) is 0 Å². The zero-order chi connectivity index (χ0) is 15.2. The number of amides is 1. The minimum absolute atomic E-state index is 0.191. The molecular weight excluding hydrogens is 280 g/mol. The summed E-state index contributed by atoms with van der Waals surface area (Å²) in [4.78, 5) is 11.5. The Morgan fingerprint density at radius 3 is 2.70 bits per heavy atom. The third-order valence-electron chi connectivity index (χ3n) is 2.61. The standard InChI is InChI=1S/C13H20N2O4S/c1-11-5-4-6-12(9-11)19-8-7-14-13(16)10-15(2)20(3,17)18/h4-6,9H,7-8,10H2,1-3H3,(H,14,16). The largest absolute Gasteiger partial charge is 0.492 e. The molecule has 0 fully saturated rings. The zero-order valence-corrected chi connectivity index (χ0v) is 12.7. The first-order valence-corrected chi connectivity index (χ1v) is 8.01. The van der Waals surface area contributed by atoms with Crippen LogP contribution in [0.25, 0.3) is 0 Å². The van der Waals surface area contributed by atoms with E-state index >= 15 is 0 Å². The van der Waals surface area contributed by atoms with Gasteiger partial charge in [-0.1, -0.05) is 12.1 Å². The monoisotopic (exact) mass is 300 g/mol. The van der Waals surface area contributed by atoms with E-state index in [1.165, 1.54) is 7.05 Å². The summed E-state index contributed by atoms with van der Waals surface area (Å²) in [7, 11) is -1.98. The Labute approximate surface area is 119 Å². The minimum atomic E-state index is -3.33.